The number of rotatable bonds is 8. The van der Waals surface area contributed by atoms with Gasteiger partial charge < -0.3 is 9.84 Å². The lowest BCUT2D eigenvalue weighted by atomic mass is 10.0. The zero-order valence-electron chi connectivity index (χ0n) is 12.7. The summed E-state index contributed by atoms with van der Waals surface area (Å²) >= 11 is 0. The van der Waals surface area contributed by atoms with Gasteiger partial charge in [0.1, 0.15) is 5.75 Å². The fraction of sp³-hybridized carbons (Fsp3) is 0.368. The Kier molecular flexibility index (Phi) is 6.29. The van der Waals surface area contributed by atoms with E-state index in [4.69, 9.17) is 4.74 Å². The molecule has 0 amide bonds. The highest BCUT2D eigenvalue weighted by Gasteiger charge is 2.07. The third kappa shape index (κ3) is 5.24. The first-order chi connectivity index (χ1) is 10.3. The Morgan fingerprint density at radius 1 is 1.00 bits per heavy atom. The van der Waals surface area contributed by atoms with Gasteiger partial charge >= 0.3 is 0 Å². The van der Waals surface area contributed by atoms with Crippen LogP contribution in [0, 0.1) is 0 Å². The average molecular weight is 284 g/mol. The summed E-state index contributed by atoms with van der Waals surface area (Å²) in [6.45, 7) is 2.82. The summed E-state index contributed by atoms with van der Waals surface area (Å²) in [5, 5.41) is 10.2. The normalized spacial score (nSPS) is 12.1. The van der Waals surface area contributed by atoms with Gasteiger partial charge in [-0.1, -0.05) is 49.4 Å². The second kappa shape index (κ2) is 8.48. The van der Waals surface area contributed by atoms with E-state index >= 15 is 0 Å². The Balaban J connectivity index is 1.78. The number of aryl methyl sites for hydroxylation is 1. The van der Waals surface area contributed by atoms with Gasteiger partial charge in [-0.05, 0) is 48.9 Å². The maximum absolute atomic E-state index is 10.2. The smallest absolute Gasteiger partial charge is 0.119 e. The Bertz CT molecular complexity index is 505. The highest BCUT2D eigenvalue weighted by Crippen LogP contribution is 2.22. The summed E-state index contributed by atoms with van der Waals surface area (Å²) in [6.07, 6.45) is 3.39. The molecule has 1 N–H and O–H groups in total. The van der Waals surface area contributed by atoms with E-state index in [2.05, 4.69) is 31.2 Å². The quantitative estimate of drug-likeness (QED) is 0.771. The highest BCUT2D eigenvalue weighted by molar-refractivity contribution is 5.28. The predicted molar refractivity (Wildman–Crippen MR) is 86.6 cm³/mol. The molecule has 0 saturated heterocycles. The summed E-state index contributed by atoms with van der Waals surface area (Å²) in [4.78, 5) is 0. The number of hydrogen-bond acceptors (Lipinski definition) is 2. The molecular formula is C19H24O2. The van der Waals surface area contributed by atoms with Crippen LogP contribution in [0.4, 0.5) is 0 Å². The molecule has 0 aromatic heterocycles. The van der Waals surface area contributed by atoms with Crippen molar-refractivity contribution in [3.63, 3.8) is 0 Å². The molecule has 2 aromatic carbocycles. The van der Waals surface area contributed by atoms with Crippen molar-refractivity contribution >= 4 is 0 Å². The largest absolute Gasteiger partial charge is 0.494 e. The van der Waals surface area contributed by atoms with Gasteiger partial charge in [-0.15, -0.1) is 0 Å². The molecule has 0 aliphatic heterocycles. The minimum absolute atomic E-state index is 0.395. The molecular weight excluding hydrogens is 260 g/mol. The van der Waals surface area contributed by atoms with E-state index < -0.39 is 6.10 Å². The van der Waals surface area contributed by atoms with Gasteiger partial charge in [0.05, 0.1) is 12.7 Å². The lowest BCUT2D eigenvalue weighted by molar-refractivity contribution is 0.164. The van der Waals surface area contributed by atoms with Crippen molar-refractivity contribution in [1.82, 2.24) is 0 Å². The zero-order chi connectivity index (χ0) is 14.9. The van der Waals surface area contributed by atoms with Gasteiger partial charge in [0, 0.05) is 0 Å². The van der Waals surface area contributed by atoms with Crippen LogP contribution in [0.25, 0.3) is 0 Å². The van der Waals surface area contributed by atoms with E-state index in [1.54, 1.807) is 0 Å². The van der Waals surface area contributed by atoms with Crippen LogP contribution in [-0.2, 0) is 6.42 Å². The summed E-state index contributed by atoms with van der Waals surface area (Å²) in [7, 11) is 0. The maximum Gasteiger partial charge on any atom is 0.119 e. The first-order valence-corrected chi connectivity index (χ1v) is 7.74. The lowest BCUT2D eigenvalue weighted by Crippen LogP contribution is -1.99. The molecule has 0 bridgehead atoms. The SMILES string of the molecule is CCCOc1ccc(C(O)CCCc2ccccc2)cc1. The minimum atomic E-state index is -0.395. The monoisotopic (exact) mass is 284 g/mol. The molecule has 21 heavy (non-hydrogen) atoms. The molecule has 0 heterocycles. The van der Waals surface area contributed by atoms with Gasteiger partial charge in [0.25, 0.3) is 0 Å². The maximum atomic E-state index is 10.2. The first-order valence-electron chi connectivity index (χ1n) is 7.74. The fourth-order valence-electron chi connectivity index (χ4n) is 2.32. The number of benzene rings is 2. The molecule has 2 aromatic rings. The second-order valence-electron chi connectivity index (χ2n) is 5.31. The fourth-order valence-corrected chi connectivity index (χ4v) is 2.32. The molecule has 0 saturated carbocycles. The number of ether oxygens (including phenoxy) is 1. The van der Waals surface area contributed by atoms with Crippen LogP contribution in [0.5, 0.6) is 5.75 Å². The summed E-state index contributed by atoms with van der Waals surface area (Å²) in [5.41, 5.74) is 2.29. The van der Waals surface area contributed by atoms with E-state index in [0.29, 0.717) is 0 Å². The first kappa shape index (κ1) is 15.6. The molecule has 1 unspecified atom stereocenters. The third-order valence-corrected chi connectivity index (χ3v) is 3.52. The highest BCUT2D eigenvalue weighted by atomic mass is 16.5. The van der Waals surface area contributed by atoms with Crippen molar-refractivity contribution in [2.75, 3.05) is 6.61 Å². The predicted octanol–water partition coefficient (Wildman–Crippen LogP) is 4.53. The van der Waals surface area contributed by atoms with Crippen molar-refractivity contribution in [1.29, 1.82) is 0 Å². The van der Waals surface area contributed by atoms with Crippen molar-refractivity contribution in [3.05, 3.63) is 65.7 Å². The van der Waals surface area contributed by atoms with E-state index in [1.165, 1.54) is 5.56 Å². The zero-order valence-corrected chi connectivity index (χ0v) is 12.7. The summed E-state index contributed by atoms with van der Waals surface area (Å²) in [6, 6.07) is 18.2. The van der Waals surface area contributed by atoms with Gasteiger partial charge in [-0.25, -0.2) is 0 Å². The standard InChI is InChI=1S/C19H24O2/c1-2-15-21-18-13-11-17(12-14-18)19(20)10-6-9-16-7-4-3-5-8-16/h3-5,7-8,11-14,19-20H,2,6,9-10,15H2,1H3. The van der Waals surface area contributed by atoms with Crippen LogP contribution in [0.2, 0.25) is 0 Å². The summed E-state index contributed by atoms with van der Waals surface area (Å²) < 4.78 is 5.55. The molecule has 2 heteroatoms. The molecule has 0 spiro atoms. The Labute approximate surface area is 127 Å². The molecule has 0 aliphatic carbocycles. The van der Waals surface area contributed by atoms with Crippen LogP contribution in [-0.4, -0.2) is 11.7 Å². The molecule has 2 rings (SSSR count). The number of aliphatic hydroxyl groups excluding tert-OH is 1. The molecule has 2 nitrogen and oxygen atoms in total. The van der Waals surface area contributed by atoms with E-state index in [0.717, 1.165) is 43.6 Å². The van der Waals surface area contributed by atoms with Gasteiger partial charge in [0.2, 0.25) is 0 Å². The molecule has 0 aliphatic rings. The van der Waals surface area contributed by atoms with Crippen molar-refractivity contribution in [2.24, 2.45) is 0 Å². The van der Waals surface area contributed by atoms with Crippen LogP contribution in [0.3, 0.4) is 0 Å². The van der Waals surface area contributed by atoms with Gasteiger partial charge in [0.15, 0.2) is 0 Å². The average Bonchev–Trinajstić information content (AvgIpc) is 2.54. The summed E-state index contributed by atoms with van der Waals surface area (Å²) in [5.74, 6) is 0.872. The number of aliphatic hydroxyl groups is 1. The van der Waals surface area contributed by atoms with Crippen molar-refractivity contribution < 1.29 is 9.84 Å². The van der Waals surface area contributed by atoms with Crippen LogP contribution in [0.1, 0.15) is 43.4 Å². The van der Waals surface area contributed by atoms with Crippen LogP contribution < -0.4 is 4.74 Å². The lowest BCUT2D eigenvalue weighted by Gasteiger charge is -2.12. The van der Waals surface area contributed by atoms with Gasteiger partial charge in [-0.3, -0.25) is 0 Å². The Morgan fingerprint density at radius 2 is 1.71 bits per heavy atom. The minimum Gasteiger partial charge on any atom is -0.494 e. The molecule has 1 atom stereocenters. The van der Waals surface area contributed by atoms with Crippen LogP contribution >= 0.6 is 0 Å². The van der Waals surface area contributed by atoms with E-state index in [1.807, 2.05) is 30.3 Å². The third-order valence-electron chi connectivity index (χ3n) is 3.52. The van der Waals surface area contributed by atoms with E-state index in [9.17, 15) is 5.11 Å². The van der Waals surface area contributed by atoms with Crippen molar-refractivity contribution in [3.8, 4) is 5.75 Å². The molecule has 112 valence electrons. The molecule has 0 fully saturated rings. The van der Waals surface area contributed by atoms with Crippen LogP contribution in [0.15, 0.2) is 54.6 Å². The van der Waals surface area contributed by atoms with Crippen molar-refractivity contribution in [2.45, 2.75) is 38.7 Å². The Hall–Kier alpha value is -1.80. The van der Waals surface area contributed by atoms with E-state index in [-0.39, 0.29) is 0 Å². The number of hydrogen-bond donors (Lipinski definition) is 1. The Morgan fingerprint density at radius 3 is 2.38 bits per heavy atom. The topological polar surface area (TPSA) is 29.5 Å². The second-order valence-corrected chi connectivity index (χ2v) is 5.31. The van der Waals surface area contributed by atoms with Gasteiger partial charge in [-0.2, -0.15) is 0 Å². The molecule has 0 radical (unpaired) electrons.